The van der Waals surface area contributed by atoms with Gasteiger partial charge in [-0.1, -0.05) is 17.7 Å². The van der Waals surface area contributed by atoms with Crippen LogP contribution in [0.15, 0.2) is 23.2 Å². The van der Waals surface area contributed by atoms with Crippen LogP contribution in [0.25, 0.3) is 0 Å². The van der Waals surface area contributed by atoms with Crippen molar-refractivity contribution in [3.05, 3.63) is 28.8 Å². The van der Waals surface area contributed by atoms with Gasteiger partial charge >= 0.3 is 0 Å². The predicted octanol–water partition coefficient (Wildman–Crippen LogP) is 1.87. The maximum Gasteiger partial charge on any atom is 0.191 e. The molecule has 0 spiro atoms. The van der Waals surface area contributed by atoms with Crippen LogP contribution in [0, 0.1) is 0 Å². The van der Waals surface area contributed by atoms with Gasteiger partial charge < -0.3 is 15.4 Å². The molecule has 5 heteroatoms. The Labute approximate surface area is 106 Å². The Morgan fingerprint density at radius 1 is 1.53 bits per heavy atom. The lowest BCUT2D eigenvalue weighted by Gasteiger charge is -2.31. The highest BCUT2D eigenvalue weighted by atomic mass is 35.5. The summed E-state index contributed by atoms with van der Waals surface area (Å²) in [5, 5.41) is 0.657. The van der Waals surface area contributed by atoms with Gasteiger partial charge in [0.2, 0.25) is 0 Å². The largest absolute Gasteiger partial charge is 0.496 e. The van der Waals surface area contributed by atoms with Gasteiger partial charge in [0.1, 0.15) is 5.75 Å². The van der Waals surface area contributed by atoms with Crippen LogP contribution in [-0.4, -0.2) is 31.1 Å². The van der Waals surface area contributed by atoms with Crippen LogP contribution in [-0.2, 0) is 6.54 Å². The van der Waals surface area contributed by atoms with Crippen molar-refractivity contribution in [3.63, 3.8) is 0 Å². The van der Waals surface area contributed by atoms with E-state index in [2.05, 4.69) is 4.99 Å². The van der Waals surface area contributed by atoms with Crippen molar-refractivity contribution < 1.29 is 4.74 Å². The van der Waals surface area contributed by atoms with Crippen molar-refractivity contribution in [2.75, 3.05) is 20.2 Å². The molecule has 1 aromatic carbocycles. The molecular formula is C12H16ClN3O. The summed E-state index contributed by atoms with van der Waals surface area (Å²) in [4.78, 5) is 6.39. The summed E-state index contributed by atoms with van der Waals surface area (Å²) in [7, 11) is 1.62. The van der Waals surface area contributed by atoms with Crippen LogP contribution in [0.1, 0.15) is 12.0 Å². The minimum absolute atomic E-state index is 0.450. The fourth-order valence-corrected chi connectivity index (χ4v) is 1.91. The molecule has 2 N–H and O–H groups in total. The van der Waals surface area contributed by atoms with Gasteiger partial charge in [-0.25, -0.2) is 4.99 Å². The number of halogens is 1. The molecular weight excluding hydrogens is 238 g/mol. The molecule has 1 aliphatic heterocycles. The first-order valence-corrected chi connectivity index (χ1v) is 5.96. The Morgan fingerprint density at radius 2 is 2.29 bits per heavy atom. The Balaban J connectivity index is 2.12. The zero-order valence-electron chi connectivity index (χ0n) is 9.82. The van der Waals surface area contributed by atoms with Crippen LogP contribution in [0.5, 0.6) is 5.75 Å². The molecule has 4 nitrogen and oxygen atoms in total. The molecule has 0 aliphatic carbocycles. The molecule has 92 valence electrons. The second-order valence-electron chi connectivity index (χ2n) is 3.94. The number of nitrogens with zero attached hydrogens (tertiary/aromatic N) is 2. The summed E-state index contributed by atoms with van der Waals surface area (Å²) < 4.78 is 5.25. The van der Waals surface area contributed by atoms with Gasteiger partial charge in [-0.3, -0.25) is 0 Å². The summed E-state index contributed by atoms with van der Waals surface area (Å²) in [5.74, 6) is 1.33. The van der Waals surface area contributed by atoms with Crippen molar-refractivity contribution >= 4 is 17.6 Å². The van der Waals surface area contributed by atoms with Crippen molar-refractivity contribution in [1.29, 1.82) is 0 Å². The SMILES string of the molecule is COc1cccc(Cl)c1CN=C(N)N1CCC1. The van der Waals surface area contributed by atoms with Gasteiger partial charge in [-0.2, -0.15) is 0 Å². The van der Waals surface area contributed by atoms with E-state index in [9.17, 15) is 0 Å². The third-order valence-electron chi connectivity index (χ3n) is 2.88. The monoisotopic (exact) mass is 253 g/mol. The Morgan fingerprint density at radius 3 is 2.88 bits per heavy atom. The summed E-state index contributed by atoms with van der Waals surface area (Å²) in [6.07, 6.45) is 1.19. The van der Waals surface area contributed by atoms with Crippen LogP contribution in [0.4, 0.5) is 0 Å². The third kappa shape index (κ3) is 2.64. The second kappa shape index (κ2) is 5.27. The van der Waals surface area contributed by atoms with E-state index in [-0.39, 0.29) is 0 Å². The first-order chi connectivity index (χ1) is 8.22. The molecule has 17 heavy (non-hydrogen) atoms. The van der Waals surface area contributed by atoms with Gasteiger partial charge in [-0.05, 0) is 18.6 Å². The van der Waals surface area contributed by atoms with Crippen LogP contribution < -0.4 is 10.5 Å². The smallest absolute Gasteiger partial charge is 0.191 e. The Bertz CT molecular complexity index is 430. The van der Waals surface area contributed by atoms with Gasteiger partial charge in [0.25, 0.3) is 0 Å². The number of hydrogen-bond donors (Lipinski definition) is 1. The lowest BCUT2D eigenvalue weighted by atomic mass is 10.2. The standard InChI is InChI=1S/C12H16ClN3O/c1-17-11-5-2-4-10(13)9(11)8-15-12(14)16-6-3-7-16/h2,4-5H,3,6-8H2,1H3,(H2,14,15). The molecule has 0 radical (unpaired) electrons. The number of methoxy groups -OCH3 is 1. The van der Waals surface area contributed by atoms with E-state index in [0.717, 1.165) is 24.4 Å². The van der Waals surface area contributed by atoms with Crippen molar-refractivity contribution in [2.45, 2.75) is 13.0 Å². The Hall–Kier alpha value is -1.42. The summed E-state index contributed by atoms with van der Waals surface area (Å²) in [6, 6.07) is 5.55. The highest BCUT2D eigenvalue weighted by Gasteiger charge is 2.15. The average molecular weight is 254 g/mol. The molecule has 0 unspecified atom stereocenters. The molecule has 2 rings (SSSR count). The zero-order valence-corrected chi connectivity index (χ0v) is 10.6. The summed E-state index contributed by atoms with van der Waals surface area (Å²) >= 11 is 6.12. The molecule has 1 aliphatic rings. The number of rotatable bonds is 3. The molecule has 1 saturated heterocycles. The molecule has 0 atom stereocenters. The average Bonchev–Trinajstić information content (AvgIpc) is 2.24. The number of benzene rings is 1. The molecule has 1 fully saturated rings. The predicted molar refractivity (Wildman–Crippen MR) is 69.5 cm³/mol. The summed E-state index contributed by atoms with van der Waals surface area (Å²) in [6.45, 7) is 2.44. The normalized spacial score (nSPS) is 15.6. The fraction of sp³-hybridized carbons (Fsp3) is 0.417. The van der Waals surface area contributed by atoms with E-state index in [1.54, 1.807) is 7.11 Å². The third-order valence-corrected chi connectivity index (χ3v) is 3.23. The lowest BCUT2D eigenvalue weighted by Crippen LogP contribution is -2.46. The maximum atomic E-state index is 6.12. The molecule has 0 saturated carbocycles. The molecule has 0 amide bonds. The number of guanidine groups is 1. The zero-order chi connectivity index (χ0) is 12.3. The van der Waals surface area contributed by atoms with Crippen molar-refractivity contribution in [3.8, 4) is 5.75 Å². The second-order valence-corrected chi connectivity index (χ2v) is 4.34. The van der Waals surface area contributed by atoms with Crippen molar-refractivity contribution in [1.82, 2.24) is 4.90 Å². The molecule has 1 aromatic rings. The number of hydrogen-bond acceptors (Lipinski definition) is 2. The van der Waals surface area contributed by atoms with Gasteiger partial charge in [0.15, 0.2) is 5.96 Å². The van der Waals surface area contributed by atoms with Gasteiger partial charge in [0, 0.05) is 23.7 Å². The number of ether oxygens (including phenoxy) is 1. The van der Waals surface area contributed by atoms with E-state index in [4.69, 9.17) is 22.1 Å². The van der Waals surface area contributed by atoms with E-state index in [1.807, 2.05) is 23.1 Å². The molecule has 0 aromatic heterocycles. The number of likely N-dealkylation sites (tertiary alicyclic amines) is 1. The highest BCUT2D eigenvalue weighted by Crippen LogP contribution is 2.26. The van der Waals surface area contributed by atoms with Gasteiger partial charge in [0.05, 0.1) is 13.7 Å². The minimum atomic E-state index is 0.450. The highest BCUT2D eigenvalue weighted by molar-refractivity contribution is 6.31. The molecule has 0 bridgehead atoms. The topological polar surface area (TPSA) is 50.9 Å². The lowest BCUT2D eigenvalue weighted by molar-refractivity contribution is 0.295. The van der Waals surface area contributed by atoms with E-state index in [0.29, 0.717) is 17.5 Å². The molecule has 1 heterocycles. The fourth-order valence-electron chi connectivity index (χ4n) is 1.69. The van der Waals surface area contributed by atoms with Gasteiger partial charge in [-0.15, -0.1) is 0 Å². The van der Waals surface area contributed by atoms with E-state index in [1.165, 1.54) is 6.42 Å². The van der Waals surface area contributed by atoms with Crippen LogP contribution in [0.3, 0.4) is 0 Å². The quantitative estimate of drug-likeness (QED) is 0.661. The van der Waals surface area contributed by atoms with E-state index >= 15 is 0 Å². The minimum Gasteiger partial charge on any atom is -0.496 e. The number of aliphatic imine (C=N–C) groups is 1. The van der Waals surface area contributed by atoms with Crippen LogP contribution in [0.2, 0.25) is 5.02 Å². The first kappa shape index (κ1) is 12.0. The number of nitrogens with two attached hydrogens (primary N) is 1. The first-order valence-electron chi connectivity index (χ1n) is 5.58. The Kier molecular flexibility index (Phi) is 3.74. The van der Waals surface area contributed by atoms with Crippen LogP contribution >= 0.6 is 11.6 Å². The van der Waals surface area contributed by atoms with Crippen molar-refractivity contribution in [2.24, 2.45) is 10.7 Å². The maximum absolute atomic E-state index is 6.12. The summed E-state index contributed by atoms with van der Waals surface area (Å²) in [5.41, 5.74) is 6.74. The van der Waals surface area contributed by atoms with E-state index < -0.39 is 0 Å².